The highest BCUT2D eigenvalue weighted by atomic mass is 32.1. The fourth-order valence-corrected chi connectivity index (χ4v) is 5.44. The van der Waals surface area contributed by atoms with Crippen LogP contribution in [-0.2, 0) is 0 Å². The third-order valence-corrected chi connectivity index (χ3v) is 7.33. The molecule has 34 heavy (non-hydrogen) atoms. The van der Waals surface area contributed by atoms with E-state index in [1.807, 2.05) is 18.3 Å². The molecule has 1 fully saturated rings. The molecule has 0 spiro atoms. The Morgan fingerprint density at radius 2 is 1.65 bits per heavy atom. The molecule has 2 aromatic heterocycles. The average molecular weight is 467 g/mol. The van der Waals surface area contributed by atoms with E-state index in [1.54, 1.807) is 0 Å². The van der Waals surface area contributed by atoms with E-state index in [4.69, 9.17) is 17.2 Å². The number of aromatic nitrogens is 2. The van der Waals surface area contributed by atoms with Gasteiger partial charge < -0.3 is 14.8 Å². The number of pyridine rings is 1. The molecule has 1 saturated heterocycles. The highest BCUT2D eigenvalue weighted by molar-refractivity contribution is 7.80. The van der Waals surface area contributed by atoms with Crippen LogP contribution in [0.2, 0.25) is 0 Å². The molecule has 2 aromatic carbocycles. The van der Waals surface area contributed by atoms with Crippen molar-refractivity contribution >= 4 is 23.0 Å². The number of aryl methyl sites for hydroxylation is 3. The number of thiocarbonyl (C=S) groups is 1. The Morgan fingerprint density at radius 3 is 2.35 bits per heavy atom. The Hall–Kier alpha value is -3.44. The summed E-state index contributed by atoms with van der Waals surface area (Å²) in [6, 6.07) is 23.4. The molecule has 4 aromatic rings. The van der Waals surface area contributed by atoms with Gasteiger partial charge in [0, 0.05) is 29.0 Å². The molecule has 1 N–H and O–H groups in total. The van der Waals surface area contributed by atoms with Gasteiger partial charge in [0.15, 0.2) is 5.11 Å². The molecular formula is C29H30N4S. The second-order valence-electron chi connectivity index (χ2n) is 9.21. The Labute approximate surface area is 207 Å². The molecule has 4 nitrogen and oxygen atoms in total. The summed E-state index contributed by atoms with van der Waals surface area (Å²) in [6.07, 6.45) is 1.85. The minimum absolute atomic E-state index is 0.0184. The molecule has 172 valence electrons. The van der Waals surface area contributed by atoms with Crippen LogP contribution in [0.5, 0.6) is 0 Å². The fourth-order valence-electron chi connectivity index (χ4n) is 5.09. The molecule has 5 rings (SSSR count). The molecule has 2 atom stereocenters. The van der Waals surface area contributed by atoms with Crippen LogP contribution in [0.25, 0.3) is 5.69 Å². The number of anilines is 1. The number of hydrogen-bond donors (Lipinski definition) is 1. The van der Waals surface area contributed by atoms with E-state index in [2.05, 4.69) is 104 Å². The van der Waals surface area contributed by atoms with Crippen molar-refractivity contribution in [2.45, 2.75) is 46.7 Å². The summed E-state index contributed by atoms with van der Waals surface area (Å²) in [6.45, 7) is 10.9. The molecular weight excluding hydrogens is 436 g/mol. The maximum absolute atomic E-state index is 5.90. The van der Waals surface area contributed by atoms with Crippen molar-refractivity contribution in [3.05, 3.63) is 112 Å². The summed E-state index contributed by atoms with van der Waals surface area (Å²) in [5, 5.41) is 4.31. The third kappa shape index (κ3) is 3.70. The van der Waals surface area contributed by atoms with Gasteiger partial charge in [0.25, 0.3) is 0 Å². The third-order valence-electron chi connectivity index (χ3n) is 7.02. The van der Waals surface area contributed by atoms with E-state index >= 15 is 0 Å². The number of nitrogens with one attached hydrogen (secondary N) is 1. The first-order chi connectivity index (χ1) is 16.4. The van der Waals surface area contributed by atoms with Gasteiger partial charge in [-0.15, -0.1) is 0 Å². The second kappa shape index (κ2) is 8.73. The SMILES string of the molecule is Cc1ccc(N2C(=S)N[C@@H](c3ccccn3)[C@H]2c2cc(C)n(-c3cccc(C)c3C)c2C)cc1. The standard InChI is InChI=1S/C29H30N4S/c1-18-12-14-23(15-13-18)33-28(27(31-29(33)34)25-10-6-7-16-30-25)24-17-20(3)32(22(24)5)26-11-8-9-19(2)21(26)4/h6-17,27-28H,1-5H3,(H,31,34)/t27-,28+/m0/s1. The quantitative estimate of drug-likeness (QED) is 0.344. The molecule has 1 aliphatic rings. The van der Waals surface area contributed by atoms with Crippen LogP contribution < -0.4 is 10.2 Å². The van der Waals surface area contributed by atoms with E-state index in [-0.39, 0.29) is 12.1 Å². The average Bonchev–Trinajstić information content (AvgIpc) is 3.32. The largest absolute Gasteiger partial charge is 0.351 e. The van der Waals surface area contributed by atoms with Gasteiger partial charge in [-0.3, -0.25) is 4.98 Å². The first-order valence-electron chi connectivity index (χ1n) is 11.7. The Morgan fingerprint density at radius 1 is 0.882 bits per heavy atom. The lowest BCUT2D eigenvalue weighted by Crippen LogP contribution is -2.29. The minimum atomic E-state index is -0.0532. The lowest BCUT2D eigenvalue weighted by atomic mass is 9.96. The maximum atomic E-state index is 5.90. The monoisotopic (exact) mass is 466 g/mol. The summed E-state index contributed by atoms with van der Waals surface area (Å²) in [4.78, 5) is 6.95. The zero-order chi connectivity index (χ0) is 24.0. The zero-order valence-corrected chi connectivity index (χ0v) is 21.1. The molecule has 5 heteroatoms. The predicted molar refractivity (Wildman–Crippen MR) is 144 cm³/mol. The van der Waals surface area contributed by atoms with Crippen molar-refractivity contribution in [1.29, 1.82) is 0 Å². The van der Waals surface area contributed by atoms with Crippen molar-refractivity contribution in [3.8, 4) is 5.69 Å². The van der Waals surface area contributed by atoms with E-state index in [1.165, 1.54) is 39.3 Å². The van der Waals surface area contributed by atoms with Gasteiger partial charge >= 0.3 is 0 Å². The van der Waals surface area contributed by atoms with Gasteiger partial charge in [-0.25, -0.2) is 0 Å². The molecule has 0 bridgehead atoms. The number of hydrogen-bond acceptors (Lipinski definition) is 2. The highest BCUT2D eigenvalue weighted by Gasteiger charge is 2.42. The molecule has 0 unspecified atom stereocenters. The van der Waals surface area contributed by atoms with E-state index in [9.17, 15) is 0 Å². The smallest absolute Gasteiger partial charge is 0.174 e. The predicted octanol–water partition coefficient (Wildman–Crippen LogP) is 6.59. The van der Waals surface area contributed by atoms with Gasteiger partial charge in [0.2, 0.25) is 0 Å². The maximum Gasteiger partial charge on any atom is 0.174 e. The lowest BCUT2D eigenvalue weighted by molar-refractivity contribution is 0.565. The van der Waals surface area contributed by atoms with Crippen LogP contribution in [0.1, 0.15) is 51.4 Å². The summed E-state index contributed by atoms with van der Waals surface area (Å²) in [5.74, 6) is 0. The molecule has 1 aliphatic heterocycles. The molecule has 0 saturated carbocycles. The second-order valence-corrected chi connectivity index (χ2v) is 9.60. The lowest BCUT2D eigenvalue weighted by Gasteiger charge is -2.28. The van der Waals surface area contributed by atoms with Crippen molar-refractivity contribution in [1.82, 2.24) is 14.9 Å². The van der Waals surface area contributed by atoms with E-state index < -0.39 is 0 Å². The normalized spacial score (nSPS) is 17.8. The van der Waals surface area contributed by atoms with Crippen LogP contribution >= 0.6 is 12.2 Å². The first kappa shape index (κ1) is 22.4. The van der Waals surface area contributed by atoms with Crippen molar-refractivity contribution in [3.63, 3.8) is 0 Å². The van der Waals surface area contributed by atoms with Crippen LogP contribution in [0.3, 0.4) is 0 Å². The Balaban J connectivity index is 1.70. The van der Waals surface area contributed by atoms with E-state index in [0.29, 0.717) is 0 Å². The summed E-state index contributed by atoms with van der Waals surface area (Å²) in [7, 11) is 0. The number of benzene rings is 2. The number of rotatable bonds is 4. The summed E-state index contributed by atoms with van der Waals surface area (Å²) in [5.41, 5.74) is 10.8. The molecule has 0 radical (unpaired) electrons. The van der Waals surface area contributed by atoms with Gasteiger partial charge in [-0.1, -0.05) is 35.9 Å². The zero-order valence-electron chi connectivity index (χ0n) is 20.3. The summed E-state index contributed by atoms with van der Waals surface area (Å²) < 4.78 is 2.38. The Kier molecular flexibility index (Phi) is 5.74. The molecule has 3 heterocycles. The topological polar surface area (TPSA) is 33.1 Å². The van der Waals surface area contributed by atoms with Crippen molar-refractivity contribution < 1.29 is 0 Å². The first-order valence-corrected chi connectivity index (χ1v) is 12.1. The van der Waals surface area contributed by atoms with Gasteiger partial charge in [-0.2, -0.15) is 0 Å². The van der Waals surface area contributed by atoms with Crippen LogP contribution in [0, 0.1) is 34.6 Å². The van der Waals surface area contributed by atoms with E-state index in [0.717, 1.165) is 16.5 Å². The number of nitrogens with zero attached hydrogens (tertiary/aromatic N) is 3. The van der Waals surface area contributed by atoms with Crippen LogP contribution in [0.15, 0.2) is 72.9 Å². The molecule has 0 aliphatic carbocycles. The highest BCUT2D eigenvalue weighted by Crippen LogP contribution is 2.44. The van der Waals surface area contributed by atoms with Crippen molar-refractivity contribution in [2.24, 2.45) is 0 Å². The van der Waals surface area contributed by atoms with Crippen LogP contribution in [-0.4, -0.2) is 14.7 Å². The summed E-state index contributed by atoms with van der Waals surface area (Å²) >= 11 is 5.90. The fraction of sp³-hybridized carbons (Fsp3) is 0.241. The van der Waals surface area contributed by atoms with Gasteiger partial charge in [0.05, 0.1) is 17.8 Å². The van der Waals surface area contributed by atoms with Gasteiger partial charge in [0.1, 0.15) is 0 Å². The Bertz CT molecular complexity index is 1360. The van der Waals surface area contributed by atoms with Crippen LogP contribution in [0.4, 0.5) is 5.69 Å². The molecule has 0 amide bonds. The minimum Gasteiger partial charge on any atom is -0.351 e. The van der Waals surface area contributed by atoms with Crippen molar-refractivity contribution in [2.75, 3.05) is 4.90 Å². The van der Waals surface area contributed by atoms with Gasteiger partial charge in [-0.05, 0) is 99.9 Å².